The molecule has 4 rings (SSSR count). The van der Waals surface area contributed by atoms with Crippen molar-refractivity contribution in [3.8, 4) is 5.69 Å². The van der Waals surface area contributed by atoms with E-state index in [1.54, 1.807) is 4.68 Å². The molecule has 0 spiro atoms. The van der Waals surface area contributed by atoms with Crippen molar-refractivity contribution in [3.05, 3.63) is 71.9 Å². The Morgan fingerprint density at radius 3 is 2.33 bits per heavy atom. The summed E-state index contributed by atoms with van der Waals surface area (Å²) in [5.41, 5.74) is 3.22. The van der Waals surface area contributed by atoms with Crippen molar-refractivity contribution in [1.29, 1.82) is 0 Å². The minimum Gasteiger partial charge on any atom is -0.360 e. The number of hydrogen-bond donors (Lipinski definition) is 1. The van der Waals surface area contributed by atoms with Gasteiger partial charge >= 0.3 is 0 Å². The van der Waals surface area contributed by atoms with Crippen LogP contribution in [0.2, 0.25) is 0 Å². The molecule has 2 aromatic carbocycles. The lowest BCUT2D eigenvalue weighted by molar-refractivity contribution is -0.846. The molecule has 0 radical (unpaired) electrons. The highest BCUT2D eigenvalue weighted by Crippen LogP contribution is 2.14. The lowest BCUT2D eigenvalue weighted by atomic mass is 10.2. The largest absolute Gasteiger partial charge is 0.360 e. The van der Waals surface area contributed by atoms with Crippen molar-refractivity contribution >= 4 is 11.8 Å². The van der Waals surface area contributed by atoms with E-state index in [4.69, 9.17) is 0 Å². The van der Waals surface area contributed by atoms with Crippen LogP contribution >= 0.6 is 0 Å². The topological polar surface area (TPSA) is 51.3 Å². The molecular formula is C20H22FN6+. The standard InChI is InChI=1S/C20H21FN6/c1-16-2-6-19(7-3-16)27-20(22-23-24-27)10-11-25-12-14-26(15-13-25)18-8-4-17(21)5-9-18/h2-11H,12-15H2,1H3/p+1/b11-10+. The summed E-state index contributed by atoms with van der Waals surface area (Å²) in [6, 6.07) is 14.8. The lowest BCUT2D eigenvalue weighted by Crippen LogP contribution is -3.10. The van der Waals surface area contributed by atoms with Crippen molar-refractivity contribution in [3.63, 3.8) is 0 Å². The van der Waals surface area contributed by atoms with Crippen molar-refractivity contribution in [2.45, 2.75) is 6.92 Å². The molecule has 0 saturated carbocycles. The Balaban J connectivity index is 1.40. The summed E-state index contributed by atoms with van der Waals surface area (Å²) in [6.07, 6.45) is 4.10. The van der Waals surface area contributed by atoms with Crippen LogP contribution in [0.1, 0.15) is 11.4 Å². The van der Waals surface area contributed by atoms with Crippen LogP contribution in [0.15, 0.2) is 54.7 Å². The maximum Gasteiger partial charge on any atom is 0.185 e. The van der Waals surface area contributed by atoms with Crippen molar-refractivity contribution < 1.29 is 9.29 Å². The van der Waals surface area contributed by atoms with Crippen molar-refractivity contribution in [1.82, 2.24) is 20.2 Å². The second-order valence-electron chi connectivity index (χ2n) is 6.74. The Morgan fingerprint density at radius 2 is 1.63 bits per heavy atom. The quantitative estimate of drug-likeness (QED) is 0.761. The third kappa shape index (κ3) is 4.03. The fraction of sp³-hybridized carbons (Fsp3) is 0.250. The predicted octanol–water partition coefficient (Wildman–Crippen LogP) is 1.49. The normalized spacial score (nSPS) is 15.6. The summed E-state index contributed by atoms with van der Waals surface area (Å²) in [7, 11) is 0. The van der Waals surface area contributed by atoms with E-state index in [1.807, 2.05) is 42.5 Å². The smallest absolute Gasteiger partial charge is 0.185 e. The molecule has 0 aliphatic carbocycles. The highest BCUT2D eigenvalue weighted by Gasteiger charge is 2.19. The summed E-state index contributed by atoms with van der Waals surface area (Å²) in [6.45, 7) is 5.85. The van der Waals surface area contributed by atoms with Gasteiger partial charge in [-0.25, -0.2) is 4.39 Å². The Labute approximate surface area is 157 Å². The lowest BCUT2D eigenvalue weighted by Gasteiger charge is -2.31. The molecule has 1 aliphatic rings. The van der Waals surface area contributed by atoms with E-state index in [0.717, 1.165) is 37.6 Å². The first-order valence-electron chi connectivity index (χ1n) is 9.08. The third-order valence-corrected chi connectivity index (χ3v) is 4.84. The molecule has 1 N–H and O–H groups in total. The zero-order chi connectivity index (χ0) is 18.6. The molecule has 1 fully saturated rings. The van der Waals surface area contributed by atoms with Gasteiger partial charge in [0.1, 0.15) is 5.82 Å². The average Bonchev–Trinajstić information content (AvgIpc) is 3.17. The van der Waals surface area contributed by atoms with E-state index in [0.29, 0.717) is 5.82 Å². The van der Waals surface area contributed by atoms with Gasteiger partial charge in [0.05, 0.1) is 38.1 Å². The van der Waals surface area contributed by atoms with E-state index < -0.39 is 0 Å². The van der Waals surface area contributed by atoms with Gasteiger partial charge in [0.15, 0.2) is 5.82 Å². The number of tetrazole rings is 1. The molecule has 0 atom stereocenters. The van der Waals surface area contributed by atoms with Crippen LogP contribution in [-0.2, 0) is 0 Å². The minimum atomic E-state index is -0.197. The highest BCUT2D eigenvalue weighted by molar-refractivity contribution is 5.46. The van der Waals surface area contributed by atoms with E-state index in [9.17, 15) is 4.39 Å². The average molecular weight is 365 g/mol. The number of anilines is 1. The van der Waals surface area contributed by atoms with E-state index in [1.165, 1.54) is 22.6 Å². The zero-order valence-electron chi connectivity index (χ0n) is 15.2. The van der Waals surface area contributed by atoms with Gasteiger partial charge in [0, 0.05) is 11.8 Å². The van der Waals surface area contributed by atoms with Crippen LogP contribution in [-0.4, -0.2) is 46.4 Å². The first-order valence-corrected chi connectivity index (χ1v) is 9.08. The molecule has 0 amide bonds. The molecule has 3 aromatic rings. The fourth-order valence-electron chi connectivity index (χ4n) is 3.23. The molecule has 6 nitrogen and oxygen atoms in total. The highest BCUT2D eigenvalue weighted by atomic mass is 19.1. The summed E-state index contributed by atoms with van der Waals surface area (Å²) in [5.74, 6) is 0.518. The van der Waals surface area contributed by atoms with Crippen molar-refractivity contribution in [2.24, 2.45) is 0 Å². The first kappa shape index (κ1) is 17.4. The number of halogens is 1. The number of nitrogens with one attached hydrogen (secondary N) is 1. The molecule has 2 heterocycles. The summed E-state index contributed by atoms with van der Waals surface area (Å²) in [4.78, 5) is 3.65. The third-order valence-electron chi connectivity index (χ3n) is 4.84. The van der Waals surface area contributed by atoms with Gasteiger partial charge in [0.2, 0.25) is 0 Å². The zero-order valence-corrected chi connectivity index (χ0v) is 15.2. The van der Waals surface area contributed by atoms with Crippen molar-refractivity contribution in [2.75, 3.05) is 31.1 Å². The molecule has 0 unspecified atom stereocenters. The molecule has 1 saturated heterocycles. The van der Waals surface area contributed by atoms with Crippen LogP contribution in [0.5, 0.6) is 0 Å². The molecule has 7 heteroatoms. The van der Waals surface area contributed by atoms with Gasteiger partial charge < -0.3 is 9.80 Å². The van der Waals surface area contributed by atoms with E-state index in [2.05, 4.69) is 33.5 Å². The number of benzene rings is 2. The Hall–Kier alpha value is -3.06. The van der Waals surface area contributed by atoms with Gasteiger partial charge in [-0.15, -0.1) is 5.10 Å². The van der Waals surface area contributed by atoms with Gasteiger partial charge in [0.25, 0.3) is 0 Å². The van der Waals surface area contributed by atoms with Gasteiger partial charge in [-0.2, -0.15) is 4.68 Å². The number of aromatic nitrogens is 4. The number of piperazine rings is 1. The Bertz CT molecular complexity index is 908. The maximum absolute atomic E-state index is 13.1. The SMILES string of the molecule is Cc1ccc(-n2nnnc2/C=C/[NH+]2CCN(c3ccc(F)cc3)CC2)cc1. The summed E-state index contributed by atoms with van der Waals surface area (Å²) >= 11 is 0. The first-order chi connectivity index (χ1) is 13.2. The Morgan fingerprint density at radius 1 is 0.963 bits per heavy atom. The molecule has 1 aliphatic heterocycles. The van der Waals surface area contributed by atoms with Crippen LogP contribution in [0.3, 0.4) is 0 Å². The van der Waals surface area contributed by atoms with E-state index in [-0.39, 0.29) is 5.82 Å². The summed E-state index contributed by atoms with van der Waals surface area (Å²) < 4.78 is 14.8. The number of nitrogens with zero attached hydrogens (tertiary/aromatic N) is 5. The monoisotopic (exact) mass is 365 g/mol. The van der Waals surface area contributed by atoms with Gasteiger partial charge in [-0.05, 0) is 53.7 Å². The Kier molecular flexibility index (Phi) is 4.93. The van der Waals surface area contributed by atoms with Crippen LogP contribution in [0.4, 0.5) is 10.1 Å². The van der Waals surface area contributed by atoms with Crippen LogP contribution in [0, 0.1) is 12.7 Å². The second-order valence-corrected chi connectivity index (χ2v) is 6.74. The van der Waals surface area contributed by atoms with Gasteiger partial charge in [-0.1, -0.05) is 17.7 Å². The minimum absolute atomic E-state index is 0.197. The van der Waals surface area contributed by atoms with Crippen LogP contribution in [0.25, 0.3) is 11.8 Å². The molecule has 1 aromatic heterocycles. The maximum atomic E-state index is 13.1. The molecule has 27 heavy (non-hydrogen) atoms. The predicted molar refractivity (Wildman–Crippen MR) is 102 cm³/mol. The molecule has 0 bridgehead atoms. The number of rotatable bonds is 4. The number of hydrogen-bond acceptors (Lipinski definition) is 4. The summed E-state index contributed by atoms with van der Waals surface area (Å²) in [5, 5.41) is 12.0. The number of quaternary nitrogens is 1. The molecule has 138 valence electrons. The fourth-order valence-corrected chi connectivity index (χ4v) is 3.23. The van der Waals surface area contributed by atoms with Gasteiger partial charge in [-0.3, -0.25) is 0 Å². The molecular weight excluding hydrogens is 343 g/mol. The second kappa shape index (κ2) is 7.67. The van der Waals surface area contributed by atoms with Crippen LogP contribution < -0.4 is 9.80 Å². The number of aryl methyl sites for hydroxylation is 1. The van der Waals surface area contributed by atoms with E-state index >= 15 is 0 Å².